The Labute approximate surface area is 133 Å². The Kier molecular flexibility index (Phi) is 4.85. The Balaban J connectivity index is 1.43. The number of halogens is 1. The number of amides is 1. The number of carbonyl (C=O) groups is 1. The van der Waals surface area contributed by atoms with Gasteiger partial charge in [0.25, 0.3) is 0 Å². The molecule has 1 saturated heterocycles. The van der Waals surface area contributed by atoms with Gasteiger partial charge in [-0.25, -0.2) is 4.39 Å². The fourth-order valence-corrected chi connectivity index (χ4v) is 3.35. The summed E-state index contributed by atoms with van der Waals surface area (Å²) in [5.41, 5.74) is 1.13. The van der Waals surface area contributed by atoms with Crippen LogP contribution in [0.3, 0.4) is 0 Å². The Hall–Kier alpha value is -1.72. The van der Waals surface area contributed by atoms with Gasteiger partial charge in [0.2, 0.25) is 5.91 Å². The highest BCUT2D eigenvalue weighted by molar-refractivity contribution is 7.09. The quantitative estimate of drug-likeness (QED) is 0.886. The number of likely N-dealkylation sites (tertiary alicyclic amines) is 1. The van der Waals surface area contributed by atoms with E-state index in [1.807, 2.05) is 29.6 Å². The molecule has 0 unspecified atom stereocenters. The lowest BCUT2D eigenvalue weighted by Crippen LogP contribution is -2.42. The van der Waals surface area contributed by atoms with Crippen molar-refractivity contribution in [3.63, 3.8) is 0 Å². The van der Waals surface area contributed by atoms with Crippen LogP contribution >= 0.6 is 11.3 Å². The van der Waals surface area contributed by atoms with Crippen LogP contribution in [0.4, 0.5) is 4.39 Å². The zero-order valence-electron chi connectivity index (χ0n) is 12.3. The molecular weight excluding hydrogens is 299 g/mol. The van der Waals surface area contributed by atoms with Crippen molar-refractivity contribution in [2.24, 2.45) is 0 Å². The van der Waals surface area contributed by atoms with Gasteiger partial charge in [-0.2, -0.15) is 0 Å². The predicted octanol–water partition coefficient (Wildman–Crippen LogP) is 3.34. The Bertz CT molecular complexity index is 612. The molecule has 0 bridgehead atoms. The van der Waals surface area contributed by atoms with Gasteiger partial charge in [0.15, 0.2) is 0 Å². The molecule has 1 N–H and O–H groups in total. The van der Waals surface area contributed by atoms with Gasteiger partial charge in [-0.3, -0.25) is 9.69 Å². The molecule has 116 valence electrons. The Morgan fingerprint density at radius 3 is 2.77 bits per heavy atom. The molecule has 0 spiro atoms. The van der Waals surface area contributed by atoms with E-state index in [1.165, 1.54) is 17.0 Å². The van der Waals surface area contributed by atoms with Crippen LogP contribution in [-0.2, 0) is 11.3 Å². The molecule has 1 aliphatic heterocycles. The number of benzene rings is 1. The molecular formula is C17H19FN2OS. The fourth-order valence-electron chi connectivity index (χ4n) is 2.70. The van der Waals surface area contributed by atoms with E-state index in [1.54, 1.807) is 11.3 Å². The number of hydrogen-bond donors (Lipinski definition) is 1. The minimum Gasteiger partial charge on any atom is -0.351 e. The summed E-state index contributed by atoms with van der Waals surface area (Å²) in [6, 6.07) is 11.0. The SMILES string of the molecule is O=C(CCN1CC[C@H]1c1ccc(F)cc1)NCc1cccs1. The van der Waals surface area contributed by atoms with Crippen molar-refractivity contribution in [3.8, 4) is 0 Å². The van der Waals surface area contributed by atoms with E-state index < -0.39 is 0 Å². The lowest BCUT2D eigenvalue weighted by Gasteiger charge is -2.41. The summed E-state index contributed by atoms with van der Waals surface area (Å²) in [5, 5.41) is 4.95. The molecule has 22 heavy (non-hydrogen) atoms. The molecule has 0 radical (unpaired) electrons. The van der Waals surface area contributed by atoms with Crippen molar-refractivity contribution in [3.05, 3.63) is 58.0 Å². The average Bonchev–Trinajstić information content (AvgIpc) is 3.00. The summed E-state index contributed by atoms with van der Waals surface area (Å²) in [6.07, 6.45) is 1.57. The Morgan fingerprint density at radius 2 is 2.14 bits per heavy atom. The van der Waals surface area contributed by atoms with Crippen LogP contribution in [0.2, 0.25) is 0 Å². The van der Waals surface area contributed by atoms with Crippen LogP contribution in [0.25, 0.3) is 0 Å². The maximum atomic E-state index is 13.0. The van der Waals surface area contributed by atoms with Gasteiger partial charge in [-0.1, -0.05) is 18.2 Å². The molecule has 1 amide bonds. The molecule has 0 aliphatic carbocycles. The van der Waals surface area contributed by atoms with Crippen LogP contribution in [0, 0.1) is 5.82 Å². The van der Waals surface area contributed by atoms with Gasteiger partial charge in [-0.15, -0.1) is 11.3 Å². The summed E-state index contributed by atoms with van der Waals surface area (Å²) in [7, 11) is 0. The second kappa shape index (κ2) is 7.03. The molecule has 2 heterocycles. The van der Waals surface area contributed by atoms with Crippen molar-refractivity contribution in [2.75, 3.05) is 13.1 Å². The first-order valence-corrected chi connectivity index (χ1v) is 8.39. The molecule has 3 rings (SSSR count). The first-order chi connectivity index (χ1) is 10.7. The number of nitrogens with zero attached hydrogens (tertiary/aromatic N) is 1. The van der Waals surface area contributed by atoms with Crippen molar-refractivity contribution < 1.29 is 9.18 Å². The second-order valence-electron chi connectivity index (χ2n) is 5.50. The number of hydrogen-bond acceptors (Lipinski definition) is 3. The number of carbonyl (C=O) groups excluding carboxylic acids is 1. The van der Waals surface area contributed by atoms with E-state index in [0.717, 1.165) is 25.1 Å². The maximum absolute atomic E-state index is 13.0. The summed E-state index contributed by atoms with van der Waals surface area (Å²) >= 11 is 1.65. The topological polar surface area (TPSA) is 32.3 Å². The van der Waals surface area contributed by atoms with E-state index in [-0.39, 0.29) is 11.7 Å². The third-order valence-electron chi connectivity index (χ3n) is 4.05. The molecule has 2 aromatic rings. The second-order valence-corrected chi connectivity index (χ2v) is 6.53. The van der Waals surface area contributed by atoms with E-state index in [9.17, 15) is 9.18 Å². The van der Waals surface area contributed by atoms with E-state index in [2.05, 4.69) is 10.2 Å². The van der Waals surface area contributed by atoms with Crippen LogP contribution in [0.15, 0.2) is 41.8 Å². The molecule has 0 saturated carbocycles. The fraction of sp³-hybridized carbons (Fsp3) is 0.353. The lowest BCUT2D eigenvalue weighted by molar-refractivity contribution is -0.122. The van der Waals surface area contributed by atoms with Crippen LogP contribution in [0.5, 0.6) is 0 Å². The molecule has 1 fully saturated rings. The Morgan fingerprint density at radius 1 is 1.32 bits per heavy atom. The lowest BCUT2D eigenvalue weighted by atomic mass is 9.94. The summed E-state index contributed by atoms with van der Waals surface area (Å²) in [6.45, 7) is 2.36. The highest BCUT2D eigenvalue weighted by Gasteiger charge is 2.29. The monoisotopic (exact) mass is 318 g/mol. The van der Waals surface area contributed by atoms with E-state index in [0.29, 0.717) is 19.0 Å². The summed E-state index contributed by atoms with van der Waals surface area (Å²) in [4.78, 5) is 15.3. The smallest absolute Gasteiger partial charge is 0.221 e. The van der Waals surface area contributed by atoms with Gasteiger partial charge >= 0.3 is 0 Å². The number of thiophene rings is 1. The van der Waals surface area contributed by atoms with Crippen molar-refractivity contribution in [2.45, 2.75) is 25.4 Å². The van der Waals surface area contributed by atoms with Gasteiger partial charge in [0.1, 0.15) is 5.82 Å². The average molecular weight is 318 g/mol. The molecule has 1 aromatic heterocycles. The van der Waals surface area contributed by atoms with Gasteiger partial charge < -0.3 is 5.32 Å². The highest BCUT2D eigenvalue weighted by Crippen LogP contribution is 2.33. The minimum atomic E-state index is -0.206. The first-order valence-electron chi connectivity index (χ1n) is 7.51. The molecule has 1 atom stereocenters. The first kappa shape index (κ1) is 15.2. The predicted molar refractivity (Wildman–Crippen MR) is 86.1 cm³/mol. The van der Waals surface area contributed by atoms with Crippen LogP contribution < -0.4 is 5.32 Å². The third-order valence-corrected chi connectivity index (χ3v) is 4.93. The van der Waals surface area contributed by atoms with Crippen molar-refractivity contribution >= 4 is 17.2 Å². The van der Waals surface area contributed by atoms with Crippen LogP contribution in [0.1, 0.15) is 29.3 Å². The minimum absolute atomic E-state index is 0.0816. The zero-order valence-corrected chi connectivity index (χ0v) is 13.1. The van der Waals surface area contributed by atoms with Crippen molar-refractivity contribution in [1.29, 1.82) is 0 Å². The highest BCUT2D eigenvalue weighted by atomic mass is 32.1. The van der Waals surface area contributed by atoms with E-state index >= 15 is 0 Å². The molecule has 3 nitrogen and oxygen atoms in total. The number of nitrogens with one attached hydrogen (secondary N) is 1. The maximum Gasteiger partial charge on any atom is 0.221 e. The van der Waals surface area contributed by atoms with Gasteiger partial charge in [-0.05, 0) is 35.6 Å². The summed E-state index contributed by atoms with van der Waals surface area (Å²) < 4.78 is 13.0. The van der Waals surface area contributed by atoms with Gasteiger partial charge in [0.05, 0.1) is 6.54 Å². The number of rotatable bonds is 6. The standard InChI is InChI=1S/C17H19FN2OS/c18-14-5-3-13(4-6-14)16-7-9-20(16)10-8-17(21)19-12-15-2-1-11-22-15/h1-6,11,16H,7-10,12H2,(H,19,21)/t16-/m0/s1. The van der Waals surface area contributed by atoms with Crippen molar-refractivity contribution in [1.82, 2.24) is 10.2 Å². The molecule has 5 heteroatoms. The molecule has 1 aromatic carbocycles. The third kappa shape index (κ3) is 3.72. The molecule has 1 aliphatic rings. The normalized spacial score (nSPS) is 18.0. The van der Waals surface area contributed by atoms with Gasteiger partial charge in [0, 0.05) is 30.4 Å². The van der Waals surface area contributed by atoms with E-state index in [4.69, 9.17) is 0 Å². The van der Waals surface area contributed by atoms with Crippen LogP contribution in [-0.4, -0.2) is 23.9 Å². The zero-order chi connectivity index (χ0) is 15.4. The summed E-state index contributed by atoms with van der Waals surface area (Å²) in [5.74, 6) is -0.124. The largest absolute Gasteiger partial charge is 0.351 e.